The zero-order valence-corrected chi connectivity index (χ0v) is 13.7. The van der Waals surface area contributed by atoms with E-state index in [2.05, 4.69) is 53.4 Å². The SMILES string of the molecule is CCNC(=NCCc1c[nH]c2cccc(C)c12)N1CCCC1. The predicted molar refractivity (Wildman–Crippen MR) is 93.5 cm³/mol. The number of benzene rings is 1. The Labute approximate surface area is 132 Å². The first-order valence-corrected chi connectivity index (χ1v) is 8.38. The second-order valence-electron chi connectivity index (χ2n) is 5.99. The quantitative estimate of drug-likeness (QED) is 0.673. The van der Waals surface area contributed by atoms with E-state index < -0.39 is 0 Å². The van der Waals surface area contributed by atoms with Crippen LogP contribution in [0, 0.1) is 6.92 Å². The number of nitrogens with zero attached hydrogens (tertiary/aromatic N) is 2. The van der Waals surface area contributed by atoms with Gasteiger partial charge in [0.25, 0.3) is 0 Å². The van der Waals surface area contributed by atoms with Gasteiger partial charge >= 0.3 is 0 Å². The smallest absolute Gasteiger partial charge is 0.193 e. The molecule has 1 aromatic heterocycles. The van der Waals surface area contributed by atoms with Crippen LogP contribution in [0.4, 0.5) is 0 Å². The van der Waals surface area contributed by atoms with Crippen molar-refractivity contribution in [2.45, 2.75) is 33.1 Å². The first-order valence-electron chi connectivity index (χ1n) is 8.38. The van der Waals surface area contributed by atoms with Crippen LogP contribution in [0.1, 0.15) is 30.9 Å². The van der Waals surface area contributed by atoms with E-state index in [1.54, 1.807) is 0 Å². The molecule has 0 radical (unpaired) electrons. The second kappa shape index (κ2) is 6.86. The second-order valence-corrected chi connectivity index (χ2v) is 5.99. The van der Waals surface area contributed by atoms with Crippen molar-refractivity contribution in [1.82, 2.24) is 15.2 Å². The summed E-state index contributed by atoms with van der Waals surface area (Å²) < 4.78 is 0. The standard InChI is InChI=1S/C18H26N4/c1-3-19-18(22-11-4-5-12-22)20-10-9-15-13-21-16-8-6-7-14(2)17(15)16/h6-8,13,21H,3-5,9-12H2,1-2H3,(H,19,20). The monoisotopic (exact) mass is 298 g/mol. The first-order chi connectivity index (χ1) is 10.8. The molecular formula is C18H26N4. The van der Waals surface area contributed by atoms with Crippen molar-refractivity contribution in [3.05, 3.63) is 35.5 Å². The minimum atomic E-state index is 0.833. The van der Waals surface area contributed by atoms with Crippen LogP contribution in [-0.2, 0) is 6.42 Å². The van der Waals surface area contributed by atoms with Crippen molar-refractivity contribution in [3.63, 3.8) is 0 Å². The molecule has 3 rings (SSSR count). The largest absolute Gasteiger partial charge is 0.361 e. The van der Waals surface area contributed by atoms with Crippen LogP contribution in [0.15, 0.2) is 29.4 Å². The highest BCUT2D eigenvalue weighted by atomic mass is 15.3. The number of aryl methyl sites for hydroxylation is 1. The van der Waals surface area contributed by atoms with Gasteiger partial charge in [-0.25, -0.2) is 0 Å². The fourth-order valence-electron chi connectivity index (χ4n) is 3.29. The number of rotatable bonds is 4. The van der Waals surface area contributed by atoms with E-state index in [0.717, 1.165) is 38.6 Å². The molecule has 2 N–H and O–H groups in total. The molecule has 2 heterocycles. The van der Waals surface area contributed by atoms with E-state index in [1.807, 2.05) is 0 Å². The Hall–Kier alpha value is -1.97. The third-order valence-corrected chi connectivity index (χ3v) is 4.38. The maximum Gasteiger partial charge on any atom is 0.193 e. The third-order valence-electron chi connectivity index (χ3n) is 4.38. The van der Waals surface area contributed by atoms with Gasteiger partial charge in [-0.1, -0.05) is 12.1 Å². The first kappa shape index (κ1) is 14.9. The van der Waals surface area contributed by atoms with Gasteiger partial charge in [0.15, 0.2) is 5.96 Å². The van der Waals surface area contributed by atoms with Crippen LogP contribution < -0.4 is 5.32 Å². The Morgan fingerprint density at radius 3 is 2.91 bits per heavy atom. The van der Waals surface area contributed by atoms with Crippen LogP contribution in [0.2, 0.25) is 0 Å². The molecule has 1 saturated heterocycles. The molecule has 4 nitrogen and oxygen atoms in total. The van der Waals surface area contributed by atoms with Crippen LogP contribution in [0.25, 0.3) is 10.9 Å². The Morgan fingerprint density at radius 2 is 2.14 bits per heavy atom. The zero-order valence-electron chi connectivity index (χ0n) is 13.7. The Bertz CT molecular complexity index is 650. The van der Waals surface area contributed by atoms with Crippen molar-refractivity contribution < 1.29 is 0 Å². The van der Waals surface area contributed by atoms with Gasteiger partial charge in [-0.2, -0.15) is 0 Å². The van der Waals surface area contributed by atoms with Crippen LogP contribution >= 0.6 is 0 Å². The minimum Gasteiger partial charge on any atom is -0.361 e. The van der Waals surface area contributed by atoms with Gasteiger partial charge in [-0.3, -0.25) is 4.99 Å². The number of H-pyrrole nitrogens is 1. The molecule has 1 fully saturated rings. The number of aliphatic imine (C=N–C) groups is 1. The lowest BCUT2D eigenvalue weighted by Gasteiger charge is -2.20. The van der Waals surface area contributed by atoms with E-state index >= 15 is 0 Å². The van der Waals surface area contributed by atoms with E-state index in [-0.39, 0.29) is 0 Å². The molecule has 1 aliphatic heterocycles. The van der Waals surface area contributed by atoms with Gasteiger partial charge in [0.2, 0.25) is 0 Å². The molecule has 0 aliphatic carbocycles. The molecule has 1 aliphatic rings. The lowest BCUT2D eigenvalue weighted by atomic mass is 10.1. The van der Waals surface area contributed by atoms with Gasteiger partial charge in [-0.05, 0) is 50.3 Å². The number of aromatic amines is 1. The molecular weight excluding hydrogens is 272 g/mol. The van der Waals surface area contributed by atoms with Crippen molar-refractivity contribution in [2.75, 3.05) is 26.2 Å². The highest BCUT2D eigenvalue weighted by Gasteiger charge is 2.15. The van der Waals surface area contributed by atoms with Gasteiger partial charge in [0.05, 0.1) is 0 Å². The number of aromatic nitrogens is 1. The Morgan fingerprint density at radius 1 is 1.32 bits per heavy atom. The van der Waals surface area contributed by atoms with Crippen molar-refractivity contribution in [3.8, 4) is 0 Å². The topological polar surface area (TPSA) is 43.4 Å². The summed E-state index contributed by atoms with van der Waals surface area (Å²) in [5.74, 6) is 1.08. The summed E-state index contributed by atoms with van der Waals surface area (Å²) >= 11 is 0. The number of hydrogen-bond donors (Lipinski definition) is 2. The fraction of sp³-hybridized carbons (Fsp3) is 0.500. The molecule has 0 amide bonds. The average Bonchev–Trinajstić information content (AvgIpc) is 3.16. The maximum absolute atomic E-state index is 4.82. The third kappa shape index (κ3) is 3.11. The van der Waals surface area contributed by atoms with Crippen LogP contribution in [0.3, 0.4) is 0 Å². The van der Waals surface area contributed by atoms with Gasteiger partial charge in [0.1, 0.15) is 0 Å². The summed E-state index contributed by atoms with van der Waals surface area (Å²) in [7, 11) is 0. The number of likely N-dealkylation sites (tertiary alicyclic amines) is 1. The molecule has 118 valence electrons. The van der Waals surface area contributed by atoms with Crippen LogP contribution in [-0.4, -0.2) is 42.0 Å². The number of nitrogens with one attached hydrogen (secondary N) is 2. The molecule has 0 saturated carbocycles. The molecule has 4 heteroatoms. The van der Waals surface area contributed by atoms with E-state index in [4.69, 9.17) is 4.99 Å². The number of guanidine groups is 1. The Kier molecular flexibility index (Phi) is 4.66. The van der Waals surface area contributed by atoms with E-state index in [1.165, 1.54) is 34.9 Å². The van der Waals surface area contributed by atoms with Crippen molar-refractivity contribution in [2.24, 2.45) is 4.99 Å². The average molecular weight is 298 g/mol. The number of hydrogen-bond acceptors (Lipinski definition) is 1. The van der Waals surface area contributed by atoms with E-state index in [9.17, 15) is 0 Å². The van der Waals surface area contributed by atoms with Crippen LogP contribution in [0.5, 0.6) is 0 Å². The lowest BCUT2D eigenvalue weighted by molar-refractivity contribution is 0.494. The lowest BCUT2D eigenvalue weighted by Crippen LogP contribution is -2.39. The summed E-state index contributed by atoms with van der Waals surface area (Å²) in [6.07, 6.45) is 5.68. The fourth-order valence-corrected chi connectivity index (χ4v) is 3.29. The maximum atomic E-state index is 4.82. The highest BCUT2D eigenvalue weighted by Crippen LogP contribution is 2.22. The normalized spacial score (nSPS) is 15.7. The summed E-state index contributed by atoms with van der Waals surface area (Å²) in [5, 5.41) is 4.79. The van der Waals surface area contributed by atoms with Crippen molar-refractivity contribution in [1.29, 1.82) is 0 Å². The van der Waals surface area contributed by atoms with Gasteiger partial charge < -0.3 is 15.2 Å². The minimum absolute atomic E-state index is 0.833. The molecule has 2 aromatic rings. The summed E-state index contributed by atoms with van der Waals surface area (Å²) in [4.78, 5) is 10.6. The predicted octanol–water partition coefficient (Wildman–Crippen LogP) is 3.08. The van der Waals surface area contributed by atoms with Crippen molar-refractivity contribution >= 4 is 16.9 Å². The molecule has 1 aromatic carbocycles. The summed E-state index contributed by atoms with van der Waals surface area (Å²) in [6.45, 7) is 8.35. The molecule has 0 unspecified atom stereocenters. The summed E-state index contributed by atoms with van der Waals surface area (Å²) in [6, 6.07) is 6.42. The molecule has 0 spiro atoms. The van der Waals surface area contributed by atoms with Gasteiger partial charge in [-0.15, -0.1) is 0 Å². The zero-order chi connectivity index (χ0) is 15.4. The van der Waals surface area contributed by atoms with E-state index in [0.29, 0.717) is 0 Å². The Balaban J connectivity index is 1.71. The summed E-state index contributed by atoms with van der Waals surface area (Å²) in [5.41, 5.74) is 3.93. The number of fused-ring (bicyclic) bond motifs is 1. The molecule has 22 heavy (non-hydrogen) atoms. The molecule has 0 bridgehead atoms. The highest BCUT2D eigenvalue weighted by molar-refractivity contribution is 5.86. The molecule has 0 atom stereocenters. The van der Waals surface area contributed by atoms with Gasteiger partial charge in [0, 0.05) is 43.3 Å².